The predicted molar refractivity (Wildman–Crippen MR) is 222 cm³/mol. The molecule has 0 bridgehead atoms. The second kappa shape index (κ2) is 15.2. The minimum Gasteiger partial charge on any atom is -0.399 e. The van der Waals surface area contributed by atoms with Gasteiger partial charge in [0.2, 0.25) is 0 Å². The molecule has 4 N–H and O–H groups in total. The number of fused-ring (bicyclic) bond motifs is 1. The van der Waals surface area contributed by atoms with E-state index in [0.717, 1.165) is 41.3 Å². The van der Waals surface area contributed by atoms with Crippen LogP contribution in [0.1, 0.15) is 61.8 Å². The van der Waals surface area contributed by atoms with Crippen LogP contribution in [0.5, 0.6) is 0 Å². The van der Waals surface area contributed by atoms with Gasteiger partial charge in [-0.2, -0.15) is 0 Å². The number of allylic oxidation sites excluding steroid dienone is 9. The van der Waals surface area contributed by atoms with Crippen LogP contribution in [0.2, 0.25) is 0 Å². The number of benzene rings is 5. The first-order valence-corrected chi connectivity index (χ1v) is 18.7. The van der Waals surface area contributed by atoms with E-state index in [9.17, 15) is 0 Å². The SMILES string of the molecule is CC.CC(C1=CC=CC=CC1)c1ccc(C(c2ccc(N)cc2)(c2ccc(Nc3ccccc3)cc2)C23C=CC(Nc4ccccc4)=CC2C3)cc1. The second-order valence-corrected chi connectivity index (χ2v) is 13.8. The van der Waals surface area contributed by atoms with Crippen molar-refractivity contribution in [3.8, 4) is 0 Å². The Kier molecular flexibility index (Phi) is 10.1. The molecular formula is C49H49N3. The number of hydrogen-bond acceptors (Lipinski definition) is 3. The number of nitrogen functional groups attached to an aromatic ring is 1. The van der Waals surface area contributed by atoms with E-state index in [1.807, 2.05) is 19.9 Å². The van der Waals surface area contributed by atoms with Crippen LogP contribution in [0.25, 0.3) is 0 Å². The van der Waals surface area contributed by atoms with Crippen LogP contribution >= 0.6 is 0 Å². The van der Waals surface area contributed by atoms with Gasteiger partial charge in [-0.25, -0.2) is 0 Å². The lowest BCUT2D eigenvalue weighted by atomic mass is 9.58. The summed E-state index contributed by atoms with van der Waals surface area (Å²) in [4.78, 5) is 0. The van der Waals surface area contributed by atoms with E-state index in [2.05, 4.69) is 194 Å². The van der Waals surface area contributed by atoms with Gasteiger partial charge in [-0.05, 0) is 95.6 Å². The van der Waals surface area contributed by atoms with Crippen LogP contribution in [0.4, 0.5) is 22.7 Å². The highest BCUT2D eigenvalue weighted by atomic mass is 14.9. The molecule has 3 aliphatic carbocycles. The molecule has 260 valence electrons. The van der Waals surface area contributed by atoms with Gasteiger partial charge in [-0.1, -0.05) is 154 Å². The van der Waals surface area contributed by atoms with Crippen molar-refractivity contribution >= 4 is 22.7 Å². The Balaban J connectivity index is 0.00000207. The highest BCUT2D eigenvalue weighted by Crippen LogP contribution is 2.71. The topological polar surface area (TPSA) is 50.1 Å². The van der Waals surface area contributed by atoms with Gasteiger partial charge in [-0.15, -0.1) is 0 Å². The summed E-state index contributed by atoms with van der Waals surface area (Å²) >= 11 is 0. The molecule has 0 radical (unpaired) electrons. The number of hydrogen-bond donors (Lipinski definition) is 3. The van der Waals surface area contributed by atoms with Gasteiger partial charge in [0.05, 0.1) is 5.41 Å². The maximum Gasteiger partial charge on any atom is 0.0547 e. The third-order valence-corrected chi connectivity index (χ3v) is 10.9. The number of nitrogens with one attached hydrogen (secondary N) is 2. The summed E-state index contributed by atoms with van der Waals surface area (Å²) in [6.45, 7) is 6.32. The Bertz CT molecular complexity index is 2100. The number of anilines is 4. The van der Waals surface area contributed by atoms with Crippen molar-refractivity contribution in [3.05, 3.63) is 216 Å². The van der Waals surface area contributed by atoms with Crippen molar-refractivity contribution in [3.63, 3.8) is 0 Å². The predicted octanol–water partition coefficient (Wildman–Crippen LogP) is 12.5. The van der Waals surface area contributed by atoms with Gasteiger partial charge in [0.1, 0.15) is 0 Å². The van der Waals surface area contributed by atoms with Crippen LogP contribution in [0, 0.1) is 11.3 Å². The molecule has 8 rings (SSSR count). The Labute approximate surface area is 310 Å². The Morgan fingerprint density at radius 2 is 1.21 bits per heavy atom. The second-order valence-electron chi connectivity index (χ2n) is 13.8. The maximum atomic E-state index is 6.33. The summed E-state index contributed by atoms with van der Waals surface area (Å²) in [6, 6.07) is 48.0. The summed E-state index contributed by atoms with van der Waals surface area (Å²) in [5.74, 6) is 0.674. The summed E-state index contributed by atoms with van der Waals surface area (Å²) in [5.41, 5.74) is 17.4. The molecule has 52 heavy (non-hydrogen) atoms. The third-order valence-electron chi connectivity index (χ3n) is 10.9. The summed E-state index contributed by atoms with van der Waals surface area (Å²) in [7, 11) is 0. The lowest BCUT2D eigenvalue weighted by molar-refractivity contribution is 0.404. The zero-order valence-corrected chi connectivity index (χ0v) is 30.5. The van der Waals surface area contributed by atoms with Crippen molar-refractivity contribution in [1.29, 1.82) is 0 Å². The van der Waals surface area contributed by atoms with E-state index in [4.69, 9.17) is 5.73 Å². The molecule has 0 amide bonds. The van der Waals surface area contributed by atoms with Crippen molar-refractivity contribution in [1.82, 2.24) is 0 Å². The summed E-state index contributed by atoms with van der Waals surface area (Å²) in [5, 5.41) is 7.24. The summed E-state index contributed by atoms with van der Waals surface area (Å²) < 4.78 is 0. The minimum atomic E-state index is -0.462. The summed E-state index contributed by atoms with van der Waals surface area (Å²) in [6.07, 6.45) is 20.2. The van der Waals surface area contributed by atoms with Gasteiger partial charge in [0.25, 0.3) is 0 Å². The van der Waals surface area contributed by atoms with E-state index >= 15 is 0 Å². The van der Waals surface area contributed by atoms with E-state index in [1.165, 1.54) is 27.8 Å². The van der Waals surface area contributed by atoms with Crippen LogP contribution in [0.3, 0.4) is 0 Å². The van der Waals surface area contributed by atoms with Gasteiger partial charge in [0.15, 0.2) is 0 Å². The molecule has 3 nitrogen and oxygen atoms in total. The largest absolute Gasteiger partial charge is 0.399 e. The van der Waals surface area contributed by atoms with Crippen LogP contribution in [-0.2, 0) is 5.41 Å². The molecule has 0 heterocycles. The van der Waals surface area contributed by atoms with Crippen LogP contribution in [0.15, 0.2) is 193 Å². The fraction of sp³-hybridized carbons (Fsp3) is 0.184. The van der Waals surface area contributed by atoms with Gasteiger partial charge < -0.3 is 16.4 Å². The molecule has 4 unspecified atom stereocenters. The fourth-order valence-electron chi connectivity index (χ4n) is 8.22. The zero-order valence-electron chi connectivity index (χ0n) is 30.5. The van der Waals surface area contributed by atoms with Gasteiger partial charge >= 0.3 is 0 Å². The molecule has 0 saturated heterocycles. The van der Waals surface area contributed by atoms with E-state index in [-0.39, 0.29) is 5.41 Å². The van der Waals surface area contributed by atoms with Gasteiger partial charge in [0, 0.05) is 39.8 Å². The lowest BCUT2D eigenvalue weighted by Crippen LogP contribution is -2.40. The lowest BCUT2D eigenvalue weighted by Gasteiger charge is -2.44. The molecule has 1 saturated carbocycles. The average molecular weight is 680 g/mol. The molecule has 0 aliphatic heterocycles. The first kappa shape index (κ1) is 34.6. The fourth-order valence-corrected chi connectivity index (χ4v) is 8.22. The smallest absolute Gasteiger partial charge is 0.0547 e. The Hall–Kier alpha value is -5.80. The van der Waals surface area contributed by atoms with Crippen molar-refractivity contribution in [2.45, 2.75) is 44.9 Å². The average Bonchev–Trinajstić information content (AvgIpc) is 3.99. The molecular weight excluding hydrogens is 631 g/mol. The normalized spacial score (nSPS) is 20.1. The molecule has 4 atom stereocenters. The first-order valence-electron chi connectivity index (χ1n) is 18.7. The number of nitrogens with two attached hydrogens (primary N) is 1. The highest BCUT2D eigenvalue weighted by molar-refractivity contribution is 5.66. The molecule has 0 aromatic heterocycles. The van der Waals surface area contributed by atoms with Crippen LogP contribution in [-0.4, -0.2) is 0 Å². The van der Waals surface area contributed by atoms with E-state index in [0.29, 0.717) is 11.8 Å². The first-order chi connectivity index (χ1) is 25.5. The van der Waals surface area contributed by atoms with Crippen molar-refractivity contribution in [2.24, 2.45) is 11.3 Å². The van der Waals surface area contributed by atoms with Crippen molar-refractivity contribution < 1.29 is 0 Å². The number of para-hydroxylation sites is 2. The molecule has 3 heteroatoms. The van der Waals surface area contributed by atoms with E-state index < -0.39 is 5.41 Å². The third kappa shape index (κ3) is 6.67. The minimum absolute atomic E-state index is 0.161. The molecule has 0 spiro atoms. The maximum absolute atomic E-state index is 6.33. The Morgan fingerprint density at radius 3 is 1.83 bits per heavy atom. The van der Waals surface area contributed by atoms with Gasteiger partial charge in [-0.3, -0.25) is 0 Å². The Morgan fingerprint density at radius 1 is 0.654 bits per heavy atom. The standard InChI is InChI=1S/C47H43N3.C2H6/c1-34(35-12-6-2-3-7-13-35)36-18-20-37(21-19-36)47(38-22-26-41(48)27-23-38,39-24-28-44(29-25-39)49-42-14-8-4-9-15-42)46-31-30-45(32-40(46)33-46)50-43-16-10-5-11-17-43;1-2/h2-12,14-32,34,40,49-50H,13,33,48H2,1H3;1-2H3. The number of rotatable bonds is 10. The molecule has 5 aromatic carbocycles. The monoisotopic (exact) mass is 679 g/mol. The molecule has 3 aliphatic rings. The zero-order chi connectivity index (χ0) is 36.0. The molecule has 5 aromatic rings. The van der Waals surface area contributed by atoms with Crippen LogP contribution < -0.4 is 16.4 Å². The van der Waals surface area contributed by atoms with E-state index in [1.54, 1.807) is 0 Å². The molecule has 1 fully saturated rings. The highest BCUT2D eigenvalue weighted by Gasteiger charge is 2.66. The quantitative estimate of drug-likeness (QED) is 0.102. The van der Waals surface area contributed by atoms with Crippen molar-refractivity contribution in [2.75, 3.05) is 16.4 Å².